The Labute approximate surface area is 116 Å². The molecule has 2 rings (SSSR count). The predicted molar refractivity (Wildman–Crippen MR) is 76.3 cm³/mol. The van der Waals surface area contributed by atoms with E-state index < -0.39 is 11.5 Å². The van der Waals surface area contributed by atoms with E-state index in [-0.39, 0.29) is 0 Å². The number of carbonyl (C=O) groups is 1. The van der Waals surface area contributed by atoms with Crippen LogP contribution >= 0.6 is 0 Å². The molecule has 0 spiro atoms. The topological polar surface area (TPSA) is 52.6 Å². The third-order valence-corrected chi connectivity index (χ3v) is 4.72. The second-order valence-corrected chi connectivity index (χ2v) is 6.24. The maximum absolute atomic E-state index is 11.6. The van der Waals surface area contributed by atoms with Crippen molar-refractivity contribution < 1.29 is 9.90 Å². The number of rotatable bonds is 8. The van der Waals surface area contributed by atoms with E-state index in [1.807, 2.05) is 0 Å². The molecule has 2 saturated carbocycles. The van der Waals surface area contributed by atoms with Crippen molar-refractivity contribution in [3.8, 4) is 0 Å². The van der Waals surface area contributed by atoms with Crippen LogP contribution in [0.25, 0.3) is 0 Å². The van der Waals surface area contributed by atoms with Crippen molar-refractivity contribution in [1.29, 1.82) is 0 Å². The summed E-state index contributed by atoms with van der Waals surface area (Å²) in [5.74, 6) is 0.217. The van der Waals surface area contributed by atoms with Crippen LogP contribution in [0.2, 0.25) is 0 Å². The molecule has 2 aliphatic carbocycles. The average molecular weight is 268 g/mol. The number of carboxylic acids is 1. The lowest BCUT2D eigenvalue weighted by Gasteiger charge is -2.30. The molecular weight excluding hydrogens is 240 g/mol. The summed E-state index contributed by atoms with van der Waals surface area (Å²) < 4.78 is 0. The fourth-order valence-corrected chi connectivity index (χ4v) is 3.29. The lowest BCUT2D eigenvalue weighted by atomic mass is 9.97. The normalized spacial score (nSPS) is 31.0. The van der Waals surface area contributed by atoms with Crippen molar-refractivity contribution in [2.45, 2.75) is 64.0 Å². The molecule has 0 bridgehead atoms. The first-order chi connectivity index (χ1) is 9.11. The van der Waals surface area contributed by atoms with Gasteiger partial charge in [0.2, 0.25) is 0 Å². The standard InChI is InChI=1S/C15H28N2O2/c1-3-9-16-15(14(18)19)8-7-13(10-15)17(4-2)11-12-5-6-12/h12-13,16H,3-11H2,1-2H3,(H,18,19). The Hall–Kier alpha value is -0.610. The SMILES string of the molecule is CCCNC1(C(=O)O)CCC(N(CC)CC2CC2)C1. The third kappa shape index (κ3) is 3.48. The van der Waals surface area contributed by atoms with Gasteiger partial charge in [-0.2, -0.15) is 0 Å². The van der Waals surface area contributed by atoms with Crippen LogP contribution in [0.3, 0.4) is 0 Å². The minimum Gasteiger partial charge on any atom is -0.480 e. The highest BCUT2D eigenvalue weighted by Gasteiger charge is 2.46. The zero-order valence-electron chi connectivity index (χ0n) is 12.3. The summed E-state index contributed by atoms with van der Waals surface area (Å²) in [5.41, 5.74) is -0.669. The third-order valence-electron chi connectivity index (χ3n) is 4.72. The summed E-state index contributed by atoms with van der Waals surface area (Å²) in [4.78, 5) is 14.1. The van der Waals surface area contributed by atoms with Crippen LogP contribution in [0.1, 0.15) is 52.4 Å². The van der Waals surface area contributed by atoms with Crippen molar-refractivity contribution in [2.75, 3.05) is 19.6 Å². The summed E-state index contributed by atoms with van der Waals surface area (Å²) in [6.45, 7) is 7.30. The quantitative estimate of drug-likeness (QED) is 0.708. The van der Waals surface area contributed by atoms with Gasteiger partial charge in [-0.15, -0.1) is 0 Å². The first-order valence-corrected chi connectivity index (χ1v) is 7.83. The molecule has 0 saturated heterocycles. The van der Waals surface area contributed by atoms with Crippen molar-refractivity contribution in [3.63, 3.8) is 0 Å². The van der Waals surface area contributed by atoms with Gasteiger partial charge in [0, 0.05) is 12.6 Å². The Bertz CT molecular complexity index is 317. The smallest absolute Gasteiger partial charge is 0.323 e. The molecule has 2 N–H and O–H groups in total. The number of nitrogens with one attached hydrogen (secondary N) is 1. The van der Waals surface area contributed by atoms with E-state index in [9.17, 15) is 9.90 Å². The van der Waals surface area contributed by atoms with Gasteiger partial charge in [0.25, 0.3) is 0 Å². The van der Waals surface area contributed by atoms with Gasteiger partial charge in [-0.1, -0.05) is 13.8 Å². The van der Waals surface area contributed by atoms with E-state index in [2.05, 4.69) is 24.1 Å². The fraction of sp³-hybridized carbons (Fsp3) is 0.933. The van der Waals surface area contributed by atoms with Gasteiger partial charge in [0.05, 0.1) is 0 Å². The average Bonchev–Trinajstić information content (AvgIpc) is 3.11. The molecule has 2 unspecified atom stereocenters. The molecule has 0 heterocycles. The Morgan fingerprint density at radius 2 is 2.11 bits per heavy atom. The number of carboxylic acid groups (broad SMARTS) is 1. The lowest BCUT2D eigenvalue weighted by Crippen LogP contribution is -2.51. The molecule has 0 radical (unpaired) electrons. The van der Waals surface area contributed by atoms with Gasteiger partial charge < -0.3 is 15.3 Å². The molecule has 19 heavy (non-hydrogen) atoms. The molecular formula is C15H28N2O2. The molecule has 4 nitrogen and oxygen atoms in total. The Morgan fingerprint density at radius 3 is 2.63 bits per heavy atom. The van der Waals surface area contributed by atoms with Crippen LogP contribution in [-0.4, -0.2) is 47.2 Å². The van der Waals surface area contributed by atoms with Gasteiger partial charge in [0.1, 0.15) is 5.54 Å². The fourth-order valence-electron chi connectivity index (χ4n) is 3.29. The molecule has 4 heteroatoms. The van der Waals surface area contributed by atoms with Crippen LogP contribution in [-0.2, 0) is 4.79 Å². The van der Waals surface area contributed by atoms with Crippen LogP contribution in [0.4, 0.5) is 0 Å². The molecule has 0 aliphatic heterocycles. The zero-order chi connectivity index (χ0) is 13.9. The molecule has 2 atom stereocenters. The van der Waals surface area contributed by atoms with Gasteiger partial charge >= 0.3 is 5.97 Å². The summed E-state index contributed by atoms with van der Waals surface area (Å²) in [7, 11) is 0. The number of hydrogen-bond acceptors (Lipinski definition) is 3. The maximum Gasteiger partial charge on any atom is 0.323 e. The Kier molecular flexibility index (Phi) is 4.85. The molecule has 0 aromatic carbocycles. The minimum atomic E-state index is -0.669. The number of aliphatic carboxylic acids is 1. The van der Waals surface area contributed by atoms with Crippen LogP contribution in [0, 0.1) is 5.92 Å². The first-order valence-electron chi connectivity index (χ1n) is 7.83. The van der Waals surface area contributed by atoms with Crippen molar-refractivity contribution in [1.82, 2.24) is 10.2 Å². The van der Waals surface area contributed by atoms with Crippen LogP contribution in [0.15, 0.2) is 0 Å². The highest BCUT2D eigenvalue weighted by atomic mass is 16.4. The summed E-state index contributed by atoms with van der Waals surface area (Å²) in [5, 5.41) is 12.9. The number of nitrogens with zero attached hydrogens (tertiary/aromatic N) is 1. The Balaban J connectivity index is 1.95. The van der Waals surface area contributed by atoms with Crippen molar-refractivity contribution >= 4 is 5.97 Å². The summed E-state index contributed by atoms with van der Waals surface area (Å²) in [6, 6.07) is 0.450. The maximum atomic E-state index is 11.6. The summed E-state index contributed by atoms with van der Waals surface area (Å²) in [6.07, 6.45) is 6.27. The zero-order valence-corrected chi connectivity index (χ0v) is 12.3. The van der Waals surface area contributed by atoms with E-state index in [4.69, 9.17) is 0 Å². The van der Waals surface area contributed by atoms with Gasteiger partial charge in [-0.05, 0) is 57.5 Å². The van der Waals surface area contributed by atoms with Crippen molar-refractivity contribution in [3.05, 3.63) is 0 Å². The largest absolute Gasteiger partial charge is 0.480 e. The first kappa shape index (κ1) is 14.8. The van der Waals surface area contributed by atoms with Crippen LogP contribution < -0.4 is 5.32 Å². The van der Waals surface area contributed by atoms with E-state index >= 15 is 0 Å². The second-order valence-electron chi connectivity index (χ2n) is 6.24. The Morgan fingerprint density at radius 1 is 1.37 bits per heavy atom. The molecule has 0 aromatic heterocycles. The van der Waals surface area contributed by atoms with Crippen LogP contribution in [0.5, 0.6) is 0 Å². The monoisotopic (exact) mass is 268 g/mol. The summed E-state index contributed by atoms with van der Waals surface area (Å²) >= 11 is 0. The molecule has 0 amide bonds. The molecule has 110 valence electrons. The van der Waals surface area contributed by atoms with E-state index in [1.54, 1.807) is 0 Å². The number of hydrogen-bond donors (Lipinski definition) is 2. The highest BCUT2D eigenvalue weighted by molar-refractivity contribution is 5.79. The predicted octanol–water partition coefficient (Wildman–Crippen LogP) is 2.09. The van der Waals surface area contributed by atoms with Gasteiger partial charge in [-0.25, -0.2) is 0 Å². The van der Waals surface area contributed by atoms with E-state index in [1.165, 1.54) is 19.4 Å². The second kappa shape index (κ2) is 6.23. The van der Waals surface area contributed by atoms with E-state index in [0.717, 1.165) is 44.7 Å². The van der Waals surface area contributed by atoms with Crippen molar-refractivity contribution in [2.24, 2.45) is 5.92 Å². The molecule has 2 aliphatic rings. The molecule has 0 aromatic rings. The highest BCUT2D eigenvalue weighted by Crippen LogP contribution is 2.36. The molecule has 2 fully saturated rings. The minimum absolute atomic E-state index is 0.450. The lowest BCUT2D eigenvalue weighted by molar-refractivity contribution is -0.144. The van der Waals surface area contributed by atoms with Gasteiger partial charge in [-0.3, -0.25) is 4.79 Å². The van der Waals surface area contributed by atoms with E-state index in [0.29, 0.717) is 6.04 Å². The van der Waals surface area contributed by atoms with Gasteiger partial charge in [0.15, 0.2) is 0 Å².